The molecule has 0 bridgehead atoms. The van der Waals surface area contributed by atoms with Gasteiger partial charge in [0.15, 0.2) is 11.9 Å². The predicted octanol–water partition coefficient (Wildman–Crippen LogP) is 0.623. The molecule has 0 unspecified atom stereocenters. The second-order valence-electron chi connectivity index (χ2n) is 7.58. The van der Waals surface area contributed by atoms with E-state index in [9.17, 15) is 18.0 Å². The quantitative estimate of drug-likeness (QED) is 0.630. The molecule has 2 heterocycles. The van der Waals surface area contributed by atoms with Crippen molar-refractivity contribution in [2.75, 3.05) is 7.11 Å². The Morgan fingerprint density at radius 1 is 1.13 bits per heavy atom. The van der Waals surface area contributed by atoms with Crippen LogP contribution in [0, 0.1) is 6.92 Å². The minimum Gasteiger partial charge on any atom is -0.468 e. The molecule has 1 aromatic rings. The lowest BCUT2D eigenvalue weighted by Gasteiger charge is -2.27. The van der Waals surface area contributed by atoms with Crippen LogP contribution < -0.4 is 4.72 Å². The van der Waals surface area contributed by atoms with Gasteiger partial charge in [0, 0.05) is 6.92 Å². The third-order valence-electron chi connectivity index (χ3n) is 4.73. The number of esters is 2. The summed E-state index contributed by atoms with van der Waals surface area (Å²) in [6.07, 6.45) is -4.05. The van der Waals surface area contributed by atoms with E-state index < -0.39 is 58.4 Å². The fourth-order valence-corrected chi connectivity index (χ4v) is 4.64. The highest BCUT2D eigenvalue weighted by Gasteiger charge is 2.60. The van der Waals surface area contributed by atoms with Crippen LogP contribution in [0.1, 0.15) is 26.3 Å². The molecule has 2 saturated heterocycles. The van der Waals surface area contributed by atoms with Gasteiger partial charge in [-0.2, -0.15) is 4.72 Å². The first-order valence-corrected chi connectivity index (χ1v) is 10.8. The van der Waals surface area contributed by atoms with Gasteiger partial charge in [-0.05, 0) is 32.9 Å². The van der Waals surface area contributed by atoms with Crippen LogP contribution >= 0.6 is 0 Å². The van der Waals surface area contributed by atoms with Crippen LogP contribution in [-0.2, 0) is 43.3 Å². The number of sulfonamides is 1. The van der Waals surface area contributed by atoms with Crippen LogP contribution in [0.5, 0.6) is 0 Å². The zero-order chi connectivity index (χ0) is 22.3. The second-order valence-corrected chi connectivity index (χ2v) is 9.29. The van der Waals surface area contributed by atoms with E-state index in [-0.39, 0.29) is 4.90 Å². The van der Waals surface area contributed by atoms with Crippen LogP contribution in [0.15, 0.2) is 29.2 Å². The number of aryl methyl sites for hydroxylation is 1. The Kier molecular flexibility index (Phi) is 6.21. The molecule has 5 atom stereocenters. The molecule has 0 aliphatic carbocycles. The van der Waals surface area contributed by atoms with Crippen molar-refractivity contribution in [1.29, 1.82) is 0 Å². The first-order chi connectivity index (χ1) is 13.9. The number of hydrogen-bond acceptors (Lipinski definition) is 9. The van der Waals surface area contributed by atoms with Crippen LogP contribution in [0.25, 0.3) is 0 Å². The molecule has 2 aliphatic heterocycles. The molecule has 1 aromatic carbocycles. The molecular weight excluding hydrogens is 418 g/mol. The number of methoxy groups -OCH3 is 1. The minimum atomic E-state index is -4.10. The van der Waals surface area contributed by atoms with Gasteiger partial charge >= 0.3 is 11.9 Å². The molecule has 30 heavy (non-hydrogen) atoms. The number of hydrogen-bond donors (Lipinski definition) is 1. The zero-order valence-corrected chi connectivity index (χ0v) is 18.1. The van der Waals surface area contributed by atoms with E-state index in [1.165, 1.54) is 19.1 Å². The van der Waals surface area contributed by atoms with Crippen molar-refractivity contribution in [2.45, 2.75) is 69.0 Å². The topological polar surface area (TPSA) is 126 Å². The van der Waals surface area contributed by atoms with Crippen LogP contribution in [-0.4, -0.2) is 63.9 Å². The molecule has 0 radical (unpaired) electrons. The molecule has 1 N–H and O–H groups in total. The summed E-state index contributed by atoms with van der Waals surface area (Å²) in [4.78, 5) is 23.9. The number of rotatable bonds is 6. The lowest BCUT2D eigenvalue weighted by atomic mass is 10.0. The van der Waals surface area contributed by atoms with Crippen molar-refractivity contribution in [1.82, 2.24) is 4.72 Å². The number of carbonyl (C=O) groups is 2. The summed E-state index contributed by atoms with van der Waals surface area (Å²) in [5.74, 6) is -2.56. The maximum atomic E-state index is 12.9. The number of fused-ring (bicyclic) bond motifs is 1. The van der Waals surface area contributed by atoms with Crippen LogP contribution in [0.3, 0.4) is 0 Å². The highest BCUT2D eigenvalue weighted by molar-refractivity contribution is 7.89. The molecule has 2 aliphatic rings. The van der Waals surface area contributed by atoms with Crippen molar-refractivity contribution in [3.8, 4) is 0 Å². The smallest absolute Gasteiger partial charge is 0.326 e. The van der Waals surface area contributed by atoms with Crippen molar-refractivity contribution in [3.05, 3.63) is 29.8 Å². The van der Waals surface area contributed by atoms with Gasteiger partial charge in [0.25, 0.3) is 0 Å². The third kappa shape index (κ3) is 4.65. The van der Waals surface area contributed by atoms with Gasteiger partial charge in [-0.3, -0.25) is 9.59 Å². The van der Waals surface area contributed by atoms with Gasteiger partial charge in [0.1, 0.15) is 18.2 Å². The summed E-state index contributed by atoms with van der Waals surface area (Å²) in [6, 6.07) is 4.65. The Morgan fingerprint density at radius 3 is 2.30 bits per heavy atom. The van der Waals surface area contributed by atoms with Crippen LogP contribution in [0.2, 0.25) is 0 Å². The summed E-state index contributed by atoms with van der Waals surface area (Å²) >= 11 is 0. The molecule has 166 valence electrons. The second kappa shape index (κ2) is 8.23. The largest absolute Gasteiger partial charge is 0.468 e. The molecule has 3 rings (SSSR count). The molecule has 0 amide bonds. The van der Waals surface area contributed by atoms with Crippen molar-refractivity contribution in [3.63, 3.8) is 0 Å². The first-order valence-electron chi connectivity index (χ1n) is 9.29. The SMILES string of the molecule is COC(=O)[C@@H](NS(=O)(=O)c1ccc(C)cc1)[C@H]1O[C@@H](OC(C)=O)[C@@H]2OC(C)(C)O[C@@H]21. The first kappa shape index (κ1) is 22.6. The summed E-state index contributed by atoms with van der Waals surface area (Å²) in [5.41, 5.74) is 0.878. The highest BCUT2D eigenvalue weighted by Crippen LogP contribution is 2.40. The predicted molar refractivity (Wildman–Crippen MR) is 102 cm³/mol. The lowest BCUT2D eigenvalue weighted by molar-refractivity contribution is -0.233. The maximum Gasteiger partial charge on any atom is 0.326 e. The molecule has 0 spiro atoms. The van der Waals surface area contributed by atoms with Gasteiger partial charge in [0.2, 0.25) is 16.3 Å². The van der Waals surface area contributed by atoms with Crippen molar-refractivity contribution in [2.24, 2.45) is 0 Å². The Bertz CT molecular complexity index is 912. The minimum absolute atomic E-state index is 0.0305. The zero-order valence-electron chi connectivity index (χ0n) is 17.3. The maximum absolute atomic E-state index is 12.9. The van der Waals surface area contributed by atoms with Crippen LogP contribution in [0.4, 0.5) is 0 Å². The van der Waals surface area contributed by atoms with Gasteiger partial charge in [-0.1, -0.05) is 17.7 Å². The Balaban J connectivity index is 1.92. The van der Waals surface area contributed by atoms with E-state index in [0.717, 1.165) is 12.7 Å². The molecule has 2 fully saturated rings. The molecular formula is C19H25NO9S. The van der Waals surface area contributed by atoms with Gasteiger partial charge in [-0.25, -0.2) is 8.42 Å². The monoisotopic (exact) mass is 443 g/mol. The molecule has 10 nitrogen and oxygen atoms in total. The third-order valence-corrected chi connectivity index (χ3v) is 6.18. The summed E-state index contributed by atoms with van der Waals surface area (Å²) in [6.45, 7) is 6.32. The molecule has 11 heteroatoms. The number of nitrogens with one attached hydrogen (secondary N) is 1. The van der Waals surface area contributed by atoms with Gasteiger partial charge in [0.05, 0.1) is 12.0 Å². The van der Waals surface area contributed by atoms with Crippen molar-refractivity contribution < 1.29 is 41.7 Å². The van der Waals surface area contributed by atoms with E-state index in [2.05, 4.69) is 4.72 Å². The fourth-order valence-electron chi connectivity index (χ4n) is 3.45. The normalized spacial score (nSPS) is 28.6. The van der Waals surface area contributed by atoms with E-state index in [1.54, 1.807) is 26.0 Å². The van der Waals surface area contributed by atoms with E-state index in [0.29, 0.717) is 0 Å². The summed E-state index contributed by atoms with van der Waals surface area (Å²) < 4.78 is 55.3. The molecule has 0 aromatic heterocycles. The molecule has 0 saturated carbocycles. The number of benzene rings is 1. The lowest BCUT2D eigenvalue weighted by Crippen LogP contribution is -2.53. The summed E-state index contributed by atoms with van der Waals surface area (Å²) in [7, 11) is -2.98. The van der Waals surface area contributed by atoms with Gasteiger partial charge in [-0.15, -0.1) is 0 Å². The van der Waals surface area contributed by atoms with Crippen molar-refractivity contribution >= 4 is 22.0 Å². The Hall–Kier alpha value is -2.05. The average molecular weight is 443 g/mol. The standard InChI is InChI=1S/C19H25NO9S/c1-10-6-8-12(9-7-10)30(23,24)20-13(17(22)25-5)14-15-16(29-19(3,4)28-15)18(27-14)26-11(2)21/h6-9,13-16,18,20H,1-5H3/t13-,14+,15+,16+,18+/m0/s1. The van der Waals surface area contributed by atoms with E-state index >= 15 is 0 Å². The number of carbonyl (C=O) groups excluding carboxylic acids is 2. The van der Waals surface area contributed by atoms with Gasteiger partial charge < -0.3 is 23.7 Å². The average Bonchev–Trinajstić information content (AvgIpc) is 3.13. The van der Waals surface area contributed by atoms with E-state index in [4.69, 9.17) is 23.7 Å². The van der Waals surface area contributed by atoms with E-state index in [1.807, 2.05) is 6.92 Å². The highest BCUT2D eigenvalue weighted by atomic mass is 32.2. The Labute approximate surface area is 174 Å². The Morgan fingerprint density at radius 2 is 1.73 bits per heavy atom. The summed E-state index contributed by atoms with van der Waals surface area (Å²) in [5, 5.41) is 0. The number of ether oxygens (including phenoxy) is 5. The fraction of sp³-hybridized carbons (Fsp3) is 0.579.